The van der Waals surface area contributed by atoms with Gasteiger partial charge in [-0.2, -0.15) is 0 Å². The third kappa shape index (κ3) is 3.18. The number of rotatable bonds is 3. The van der Waals surface area contributed by atoms with Gasteiger partial charge in [0, 0.05) is 23.3 Å². The number of benzene rings is 2. The van der Waals surface area contributed by atoms with Gasteiger partial charge in [0.2, 0.25) is 0 Å². The number of nitrogens with zero attached hydrogens (tertiary/aromatic N) is 3. The van der Waals surface area contributed by atoms with Crippen molar-refractivity contribution >= 4 is 23.0 Å². The number of carbonyl (C=O) groups is 1. The van der Waals surface area contributed by atoms with E-state index in [1.54, 1.807) is 23.2 Å². The number of aromatic nitrogens is 2. The highest BCUT2D eigenvalue weighted by molar-refractivity contribution is 6.09. The van der Waals surface area contributed by atoms with E-state index < -0.39 is 0 Å². The van der Waals surface area contributed by atoms with Crippen LogP contribution in [0.25, 0.3) is 0 Å². The van der Waals surface area contributed by atoms with E-state index in [4.69, 9.17) is 5.73 Å². The molecule has 23 heavy (non-hydrogen) atoms. The van der Waals surface area contributed by atoms with Gasteiger partial charge in [-0.15, -0.1) is 0 Å². The lowest BCUT2D eigenvalue weighted by Gasteiger charge is -2.22. The number of anilines is 3. The van der Waals surface area contributed by atoms with Crippen LogP contribution in [0.5, 0.6) is 0 Å². The molecule has 1 heterocycles. The Bertz CT molecular complexity index is 799. The van der Waals surface area contributed by atoms with Gasteiger partial charge >= 0.3 is 0 Å². The van der Waals surface area contributed by atoms with Crippen LogP contribution in [0.3, 0.4) is 0 Å². The van der Waals surface area contributed by atoms with Crippen LogP contribution >= 0.6 is 0 Å². The van der Waals surface area contributed by atoms with Crippen LogP contribution in [-0.2, 0) is 0 Å². The topological polar surface area (TPSA) is 72.1 Å². The second-order valence-electron chi connectivity index (χ2n) is 5.11. The van der Waals surface area contributed by atoms with Crippen LogP contribution in [0.2, 0.25) is 0 Å². The summed E-state index contributed by atoms with van der Waals surface area (Å²) >= 11 is 0. The zero-order valence-electron chi connectivity index (χ0n) is 12.7. The second kappa shape index (κ2) is 6.27. The third-order valence-corrected chi connectivity index (χ3v) is 3.37. The van der Waals surface area contributed by atoms with Gasteiger partial charge in [0.1, 0.15) is 5.69 Å². The highest BCUT2D eigenvalue weighted by Gasteiger charge is 2.21. The van der Waals surface area contributed by atoms with Crippen LogP contribution in [0.15, 0.2) is 67.0 Å². The normalized spacial score (nSPS) is 10.3. The molecule has 3 rings (SSSR count). The predicted molar refractivity (Wildman–Crippen MR) is 90.5 cm³/mol. The number of amides is 1. The van der Waals surface area contributed by atoms with Crippen molar-refractivity contribution in [2.45, 2.75) is 6.92 Å². The lowest BCUT2D eigenvalue weighted by atomic mass is 10.2. The number of nitrogens with two attached hydrogens (primary N) is 1. The first-order chi connectivity index (χ1) is 11.1. The van der Waals surface area contributed by atoms with E-state index in [2.05, 4.69) is 9.97 Å². The molecule has 3 aromatic rings. The summed E-state index contributed by atoms with van der Waals surface area (Å²) in [6.45, 7) is 1.83. The first kappa shape index (κ1) is 14.7. The third-order valence-electron chi connectivity index (χ3n) is 3.37. The molecule has 0 aliphatic heterocycles. The van der Waals surface area contributed by atoms with Crippen molar-refractivity contribution in [1.82, 2.24) is 9.97 Å². The number of nitrogen functional groups attached to an aromatic ring is 1. The smallest absolute Gasteiger partial charge is 0.283 e. The summed E-state index contributed by atoms with van der Waals surface area (Å²) in [5.74, 6) is -0.242. The number of para-hydroxylation sites is 1. The van der Waals surface area contributed by atoms with E-state index in [1.165, 1.54) is 6.20 Å². The summed E-state index contributed by atoms with van der Waals surface area (Å²) in [4.78, 5) is 22.9. The average Bonchev–Trinajstić information content (AvgIpc) is 2.58. The molecule has 1 aromatic heterocycles. The second-order valence-corrected chi connectivity index (χ2v) is 5.11. The number of hydrogen-bond acceptors (Lipinski definition) is 4. The summed E-state index contributed by atoms with van der Waals surface area (Å²) in [6.07, 6.45) is 3.07. The van der Waals surface area contributed by atoms with Crippen LogP contribution in [0, 0.1) is 6.92 Å². The molecule has 114 valence electrons. The quantitative estimate of drug-likeness (QED) is 0.753. The molecule has 0 atom stereocenters. The monoisotopic (exact) mass is 304 g/mol. The summed E-state index contributed by atoms with van der Waals surface area (Å²) < 4.78 is 0. The van der Waals surface area contributed by atoms with Gasteiger partial charge in [-0.05, 0) is 43.3 Å². The van der Waals surface area contributed by atoms with Gasteiger partial charge in [0.05, 0.1) is 11.9 Å². The Kier molecular flexibility index (Phi) is 4.01. The highest BCUT2D eigenvalue weighted by Crippen LogP contribution is 2.27. The van der Waals surface area contributed by atoms with Crippen molar-refractivity contribution in [2.24, 2.45) is 0 Å². The minimum absolute atomic E-state index is 0.242. The maximum Gasteiger partial charge on any atom is 0.283 e. The van der Waals surface area contributed by atoms with Crippen molar-refractivity contribution in [1.29, 1.82) is 0 Å². The maximum absolute atomic E-state index is 12.9. The SMILES string of the molecule is Cc1cnc(C(=O)N(c2ccccc2)c2ccc(N)cc2)cn1. The molecule has 0 spiro atoms. The van der Waals surface area contributed by atoms with E-state index >= 15 is 0 Å². The highest BCUT2D eigenvalue weighted by atomic mass is 16.2. The van der Waals surface area contributed by atoms with Gasteiger partial charge in [-0.3, -0.25) is 14.7 Å². The van der Waals surface area contributed by atoms with E-state index in [0.717, 1.165) is 17.1 Å². The molecule has 1 amide bonds. The fourth-order valence-electron chi connectivity index (χ4n) is 2.20. The van der Waals surface area contributed by atoms with Crippen LogP contribution in [-0.4, -0.2) is 15.9 Å². The first-order valence-corrected chi connectivity index (χ1v) is 7.19. The van der Waals surface area contributed by atoms with Gasteiger partial charge in [0.25, 0.3) is 5.91 Å². The number of hydrogen-bond donors (Lipinski definition) is 1. The Morgan fingerprint density at radius 2 is 1.57 bits per heavy atom. The predicted octanol–water partition coefficient (Wildman–Crippen LogP) is 3.35. The van der Waals surface area contributed by atoms with Crippen LogP contribution in [0.4, 0.5) is 17.1 Å². The van der Waals surface area contributed by atoms with Crippen molar-refractivity contribution in [3.63, 3.8) is 0 Å². The van der Waals surface area contributed by atoms with E-state index in [9.17, 15) is 4.79 Å². The Morgan fingerprint density at radius 3 is 2.17 bits per heavy atom. The largest absolute Gasteiger partial charge is 0.399 e. The maximum atomic E-state index is 12.9. The molecule has 0 aliphatic rings. The van der Waals surface area contributed by atoms with E-state index in [-0.39, 0.29) is 11.6 Å². The van der Waals surface area contributed by atoms with Gasteiger partial charge < -0.3 is 5.73 Å². The van der Waals surface area contributed by atoms with Crippen molar-refractivity contribution in [3.8, 4) is 0 Å². The molecular formula is C18H16N4O. The minimum atomic E-state index is -0.242. The van der Waals surface area contributed by atoms with E-state index in [1.807, 2.05) is 49.4 Å². The lowest BCUT2D eigenvalue weighted by Crippen LogP contribution is -2.27. The Balaban J connectivity index is 2.06. The molecule has 0 bridgehead atoms. The Labute approximate surface area is 134 Å². The van der Waals surface area contributed by atoms with Gasteiger partial charge in [-0.25, -0.2) is 4.98 Å². The Morgan fingerprint density at radius 1 is 0.913 bits per heavy atom. The standard InChI is InChI=1S/C18H16N4O/c1-13-11-21-17(12-20-13)18(23)22(15-5-3-2-4-6-15)16-9-7-14(19)8-10-16/h2-12H,19H2,1H3. The number of carbonyl (C=O) groups excluding carboxylic acids is 1. The first-order valence-electron chi connectivity index (χ1n) is 7.19. The molecule has 0 saturated heterocycles. The number of aryl methyl sites for hydroxylation is 1. The molecule has 5 heteroatoms. The van der Waals surface area contributed by atoms with Crippen molar-refractivity contribution in [3.05, 3.63) is 78.4 Å². The molecule has 0 aliphatic carbocycles. The molecule has 0 radical (unpaired) electrons. The average molecular weight is 304 g/mol. The molecule has 2 N–H and O–H groups in total. The van der Waals surface area contributed by atoms with Crippen molar-refractivity contribution < 1.29 is 4.79 Å². The molecule has 0 unspecified atom stereocenters. The molecule has 0 saturated carbocycles. The molecule has 2 aromatic carbocycles. The Hall–Kier alpha value is -3.21. The van der Waals surface area contributed by atoms with Gasteiger partial charge in [-0.1, -0.05) is 18.2 Å². The molecule has 5 nitrogen and oxygen atoms in total. The van der Waals surface area contributed by atoms with E-state index in [0.29, 0.717) is 5.69 Å². The fourth-order valence-corrected chi connectivity index (χ4v) is 2.20. The van der Waals surface area contributed by atoms with Crippen molar-refractivity contribution in [2.75, 3.05) is 10.6 Å². The minimum Gasteiger partial charge on any atom is -0.399 e. The van der Waals surface area contributed by atoms with Crippen LogP contribution < -0.4 is 10.6 Å². The van der Waals surface area contributed by atoms with Crippen LogP contribution in [0.1, 0.15) is 16.2 Å². The summed E-state index contributed by atoms with van der Waals surface area (Å²) in [7, 11) is 0. The zero-order chi connectivity index (χ0) is 16.2. The zero-order valence-corrected chi connectivity index (χ0v) is 12.7. The molecular weight excluding hydrogens is 288 g/mol. The summed E-state index contributed by atoms with van der Waals surface area (Å²) in [6, 6.07) is 16.6. The van der Waals surface area contributed by atoms with Gasteiger partial charge in [0.15, 0.2) is 0 Å². The fraction of sp³-hybridized carbons (Fsp3) is 0.0556. The summed E-state index contributed by atoms with van der Waals surface area (Å²) in [5.41, 5.74) is 8.91. The summed E-state index contributed by atoms with van der Waals surface area (Å²) in [5, 5.41) is 0. The lowest BCUT2D eigenvalue weighted by molar-refractivity contribution is 0.0994. The molecule has 0 fully saturated rings.